The van der Waals surface area contributed by atoms with Crippen molar-refractivity contribution in [1.82, 2.24) is 10.2 Å². The first-order valence-electron chi connectivity index (χ1n) is 8.30. The largest absolute Gasteiger partial charge is 0.469 e. The number of carbonyl (C=O) groups excluding carboxylic acids is 1. The summed E-state index contributed by atoms with van der Waals surface area (Å²) < 4.78 is 4.85. The lowest BCUT2D eigenvalue weighted by Crippen LogP contribution is -2.46. The van der Waals surface area contributed by atoms with Crippen LogP contribution in [-0.4, -0.2) is 43.6 Å². The van der Waals surface area contributed by atoms with Crippen molar-refractivity contribution in [2.45, 2.75) is 33.2 Å². The molecule has 5 heteroatoms. The second-order valence-corrected chi connectivity index (χ2v) is 5.94. The van der Waals surface area contributed by atoms with Gasteiger partial charge in [0.05, 0.1) is 19.6 Å². The topological polar surface area (TPSA) is 53.9 Å². The van der Waals surface area contributed by atoms with E-state index in [1.54, 1.807) is 0 Å². The number of aliphatic imine (C=N–C) groups is 1. The summed E-state index contributed by atoms with van der Waals surface area (Å²) in [6, 6.07) is 8.42. The van der Waals surface area contributed by atoms with Crippen LogP contribution in [-0.2, 0) is 16.1 Å². The molecule has 1 N–H and O–H groups in total. The van der Waals surface area contributed by atoms with Gasteiger partial charge < -0.3 is 15.0 Å². The zero-order chi connectivity index (χ0) is 16.7. The van der Waals surface area contributed by atoms with Gasteiger partial charge in [-0.25, -0.2) is 4.99 Å². The van der Waals surface area contributed by atoms with Gasteiger partial charge in [-0.2, -0.15) is 0 Å². The number of nitrogens with one attached hydrogen (secondary N) is 1. The molecule has 23 heavy (non-hydrogen) atoms. The number of rotatable bonds is 4. The minimum Gasteiger partial charge on any atom is -0.469 e. The molecule has 0 spiro atoms. The van der Waals surface area contributed by atoms with Gasteiger partial charge in [0.15, 0.2) is 5.96 Å². The Hall–Kier alpha value is -2.04. The molecule has 0 aromatic heterocycles. The summed E-state index contributed by atoms with van der Waals surface area (Å²) >= 11 is 0. The molecule has 1 aromatic rings. The van der Waals surface area contributed by atoms with Gasteiger partial charge in [-0.15, -0.1) is 0 Å². The monoisotopic (exact) mass is 317 g/mol. The first-order chi connectivity index (χ1) is 11.1. The molecule has 0 unspecified atom stereocenters. The van der Waals surface area contributed by atoms with Crippen LogP contribution in [0.2, 0.25) is 0 Å². The van der Waals surface area contributed by atoms with Crippen LogP contribution in [0.1, 0.15) is 30.9 Å². The summed E-state index contributed by atoms with van der Waals surface area (Å²) in [4.78, 5) is 18.6. The average molecular weight is 317 g/mol. The van der Waals surface area contributed by atoms with E-state index in [1.165, 1.54) is 18.2 Å². The molecular weight excluding hydrogens is 290 g/mol. The van der Waals surface area contributed by atoms with Crippen molar-refractivity contribution in [3.05, 3.63) is 35.4 Å². The number of hydrogen-bond donors (Lipinski definition) is 1. The van der Waals surface area contributed by atoms with Crippen molar-refractivity contribution in [3.63, 3.8) is 0 Å². The van der Waals surface area contributed by atoms with Gasteiger partial charge in [0, 0.05) is 19.6 Å². The minimum atomic E-state index is -0.0913. The molecule has 0 radical (unpaired) electrons. The lowest BCUT2D eigenvalue weighted by Gasteiger charge is -2.33. The molecule has 1 heterocycles. The number of methoxy groups -OCH3 is 1. The Kier molecular flexibility index (Phi) is 6.44. The normalized spacial score (nSPS) is 16.3. The summed E-state index contributed by atoms with van der Waals surface area (Å²) in [6.07, 6.45) is 1.64. The fourth-order valence-corrected chi connectivity index (χ4v) is 2.90. The van der Waals surface area contributed by atoms with Crippen LogP contribution in [0.5, 0.6) is 0 Å². The third-order valence-electron chi connectivity index (χ3n) is 4.16. The van der Waals surface area contributed by atoms with Gasteiger partial charge >= 0.3 is 5.97 Å². The van der Waals surface area contributed by atoms with Crippen LogP contribution in [0.25, 0.3) is 0 Å². The van der Waals surface area contributed by atoms with Crippen LogP contribution < -0.4 is 5.32 Å². The van der Waals surface area contributed by atoms with Gasteiger partial charge in [-0.05, 0) is 32.3 Å². The van der Waals surface area contributed by atoms with E-state index in [1.807, 2.05) is 0 Å². The minimum absolute atomic E-state index is 0.0240. The Labute approximate surface area is 138 Å². The standard InChI is InChI=1S/C18H27N3O2/c1-4-19-18(20-13-15-7-5-6-14(2)12-15)21-10-8-16(9-11-21)17(22)23-3/h5-7,12,16H,4,8-11,13H2,1-3H3,(H,19,20). The first kappa shape index (κ1) is 17.3. The summed E-state index contributed by atoms with van der Waals surface area (Å²) in [7, 11) is 1.46. The first-order valence-corrected chi connectivity index (χ1v) is 8.30. The van der Waals surface area contributed by atoms with Gasteiger partial charge in [0.1, 0.15) is 0 Å². The molecule has 5 nitrogen and oxygen atoms in total. The van der Waals surface area contributed by atoms with Crippen LogP contribution in [0.4, 0.5) is 0 Å². The number of guanidine groups is 1. The molecule has 0 atom stereocenters. The Bertz CT molecular complexity index is 549. The SMILES string of the molecule is CCNC(=NCc1cccc(C)c1)N1CCC(C(=O)OC)CC1. The molecule has 1 aliphatic heterocycles. The van der Waals surface area contributed by atoms with Gasteiger partial charge in [0.25, 0.3) is 0 Å². The highest BCUT2D eigenvalue weighted by atomic mass is 16.5. The van der Waals surface area contributed by atoms with Crippen LogP contribution >= 0.6 is 0 Å². The lowest BCUT2D eigenvalue weighted by atomic mass is 9.97. The smallest absolute Gasteiger partial charge is 0.308 e. The van der Waals surface area contributed by atoms with E-state index in [0.717, 1.165) is 38.4 Å². The summed E-state index contributed by atoms with van der Waals surface area (Å²) in [5, 5.41) is 3.35. The number of likely N-dealkylation sites (tertiary alicyclic amines) is 1. The van der Waals surface area contributed by atoms with Crippen LogP contribution in [0.15, 0.2) is 29.3 Å². The third kappa shape index (κ3) is 4.98. The summed E-state index contributed by atoms with van der Waals surface area (Å²) in [6.45, 7) is 7.34. The predicted molar refractivity (Wildman–Crippen MR) is 92.3 cm³/mol. The maximum absolute atomic E-state index is 11.6. The molecule has 0 aliphatic carbocycles. The van der Waals surface area contributed by atoms with E-state index in [-0.39, 0.29) is 11.9 Å². The Morgan fingerprint density at radius 1 is 1.39 bits per heavy atom. The average Bonchev–Trinajstić information content (AvgIpc) is 2.58. The van der Waals surface area contributed by atoms with Crippen molar-refractivity contribution in [2.75, 3.05) is 26.7 Å². The fourth-order valence-electron chi connectivity index (χ4n) is 2.90. The molecule has 1 saturated heterocycles. The fraction of sp³-hybridized carbons (Fsp3) is 0.556. The number of aryl methyl sites for hydroxylation is 1. The quantitative estimate of drug-likeness (QED) is 0.526. The van der Waals surface area contributed by atoms with E-state index in [2.05, 4.69) is 48.3 Å². The number of benzene rings is 1. The Morgan fingerprint density at radius 3 is 2.74 bits per heavy atom. The maximum Gasteiger partial charge on any atom is 0.308 e. The molecule has 2 rings (SSSR count). The Morgan fingerprint density at radius 2 is 2.13 bits per heavy atom. The number of hydrogen-bond acceptors (Lipinski definition) is 3. The van der Waals surface area contributed by atoms with Crippen molar-refractivity contribution in [1.29, 1.82) is 0 Å². The van der Waals surface area contributed by atoms with Crippen molar-refractivity contribution in [2.24, 2.45) is 10.9 Å². The molecule has 1 aliphatic rings. The summed E-state index contributed by atoms with van der Waals surface area (Å²) in [5.74, 6) is 0.861. The zero-order valence-electron chi connectivity index (χ0n) is 14.3. The maximum atomic E-state index is 11.6. The number of esters is 1. The molecule has 0 bridgehead atoms. The molecular formula is C18H27N3O2. The van der Waals surface area contributed by atoms with Crippen molar-refractivity contribution in [3.8, 4) is 0 Å². The van der Waals surface area contributed by atoms with Crippen molar-refractivity contribution < 1.29 is 9.53 Å². The highest BCUT2D eigenvalue weighted by molar-refractivity contribution is 5.80. The van der Waals surface area contributed by atoms with Gasteiger partial charge in [-0.1, -0.05) is 29.8 Å². The second kappa shape index (κ2) is 8.56. The van der Waals surface area contributed by atoms with E-state index in [4.69, 9.17) is 9.73 Å². The van der Waals surface area contributed by atoms with Crippen molar-refractivity contribution >= 4 is 11.9 Å². The molecule has 0 amide bonds. The zero-order valence-corrected chi connectivity index (χ0v) is 14.3. The predicted octanol–water partition coefficient (Wildman–Crippen LogP) is 2.35. The van der Waals surface area contributed by atoms with Gasteiger partial charge in [-0.3, -0.25) is 4.79 Å². The lowest BCUT2D eigenvalue weighted by molar-refractivity contribution is -0.146. The second-order valence-electron chi connectivity index (χ2n) is 5.94. The van der Waals surface area contributed by atoms with E-state index < -0.39 is 0 Å². The molecule has 1 fully saturated rings. The van der Waals surface area contributed by atoms with E-state index >= 15 is 0 Å². The summed E-state index contributed by atoms with van der Waals surface area (Å²) in [5.41, 5.74) is 2.46. The highest BCUT2D eigenvalue weighted by Gasteiger charge is 2.26. The highest BCUT2D eigenvalue weighted by Crippen LogP contribution is 2.18. The Balaban J connectivity index is 1.98. The number of ether oxygens (including phenoxy) is 1. The number of nitrogens with zero attached hydrogens (tertiary/aromatic N) is 2. The van der Waals surface area contributed by atoms with Crippen LogP contribution in [0.3, 0.4) is 0 Å². The molecule has 126 valence electrons. The molecule has 1 aromatic carbocycles. The molecule has 0 saturated carbocycles. The van der Waals surface area contributed by atoms with Gasteiger partial charge in [0.2, 0.25) is 0 Å². The number of piperidine rings is 1. The van der Waals surface area contributed by atoms with E-state index in [9.17, 15) is 4.79 Å². The van der Waals surface area contributed by atoms with E-state index in [0.29, 0.717) is 6.54 Å². The third-order valence-corrected chi connectivity index (χ3v) is 4.16. The van der Waals surface area contributed by atoms with Crippen LogP contribution in [0, 0.1) is 12.8 Å². The number of carbonyl (C=O) groups is 1.